The number of hydrogen-bond acceptors (Lipinski definition) is 3. The molecule has 0 radical (unpaired) electrons. The van der Waals surface area contributed by atoms with Crippen molar-refractivity contribution in [3.05, 3.63) is 0 Å². The van der Waals surface area contributed by atoms with Crippen LogP contribution in [0.2, 0.25) is 0 Å². The van der Waals surface area contributed by atoms with E-state index in [0.717, 1.165) is 32.1 Å². The summed E-state index contributed by atoms with van der Waals surface area (Å²) < 4.78 is 5.40. The first kappa shape index (κ1) is 15.9. The fourth-order valence-corrected chi connectivity index (χ4v) is 2.80. The van der Waals surface area contributed by atoms with Crippen LogP contribution in [0.15, 0.2) is 0 Å². The number of ether oxygens (including phenoxy) is 1. The minimum atomic E-state index is 0.411. The lowest BCUT2D eigenvalue weighted by atomic mass is 9.84. The van der Waals surface area contributed by atoms with Gasteiger partial charge in [0.25, 0.3) is 0 Å². The summed E-state index contributed by atoms with van der Waals surface area (Å²) in [5, 5.41) is 0. The molecule has 0 amide bonds. The molecule has 3 nitrogen and oxygen atoms in total. The van der Waals surface area contributed by atoms with Gasteiger partial charge in [0.05, 0.1) is 0 Å². The Kier molecular flexibility index (Phi) is 7.20. The van der Waals surface area contributed by atoms with Crippen LogP contribution in [-0.4, -0.2) is 44.8 Å². The Hall–Kier alpha value is -0.120. The summed E-state index contributed by atoms with van der Waals surface area (Å²) in [6.07, 6.45) is 6.18. The van der Waals surface area contributed by atoms with Crippen LogP contribution >= 0.6 is 0 Å². The van der Waals surface area contributed by atoms with Crippen LogP contribution in [0, 0.1) is 11.3 Å². The van der Waals surface area contributed by atoms with E-state index < -0.39 is 0 Å². The summed E-state index contributed by atoms with van der Waals surface area (Å²) in [6.45, 7) is 9.84. The summed E-state index contributed by atoms with van der Waals surface area (Å²) in [5.41, 5.74) is 6.06. The highest BCUT2D eigenvalue weighted by molar-refractivity contribution is 4.71. The predicted octanol–water partition coefficient (Wildman–Crippen LogP) is 2.50. The van der Waals surface area contributed by atoms with Gasteiger partial charge in [0.15, 0.2) is 0 Å². The van der Waals surface area contributed by atoms with Gasteiger partial charge >= 0.3 is 0 Å². The Morgan fingerprint density at radius 1 is 1.22 bits per heavy atom. The van der Waals surface area contributed by atoms with Crippen molar-refractivity contribution in [1.82, 2.24) is 4.90 Å². The maximum absolute atomic E-state index is 5.65. The van der Waals surface area contributed by atoms with Crippen molar-refractivity contribution in [3.63, 3.8) is 0 Å². The topological polar surface area (TPSA) is 38.5 Å². The van der Waals surface area contributed by atoms with Crippen molar-refractivity contribution < 1.29 is 4.74 Å². The van der Waals surface area contributed by atoms with Gasteiger partial charge in [-0.1, -0.05) is 13.8 Å². The summed E-state index contributed by atoms with van der Waals surface area (Å²) >= 11 is 0. The zero-order chi connectivity index (χ0) is 13.4. The Morgan fingerprint density at radius 3 is 2.50 bits per heavy atom. The molecule has 0 spiro atoms. The SMILES string of the molecule is CN(CCCC(C)(C)CCN)CC1CCOCC1. The molecule has 0 saturated carbocycles. The van der Waals surface area contributed by atoms with Crippen LogP contribution in [0.1, 0.15) is 46.0 Å². The molecule has 0 aromatic carbocycles. The second-order valence-electron chi connectivity index (χ2n) is 6.62. The zero-order valence-electron chi connectivity index (χ0n) is 12.6. The zero-order valence-corrected chi connectivity index (χ0v) is 12.6. The van der Waals surface area contributed by atoms with E-state index in [0.29, 0.717) is 5.41 Å². The van der Waals surface area contributed by atoms with Gasteiger partial charge in [-0.2, -0.15) is 0 Å². The molecule has 0 bridgehead atoms. The molecule has 2 N–H and O–H groups in total. The van der Waals surface area contributed by atoms with Crippen LogP contribution in [0.3, 0.4) is 0 Å². The Morgan fingerprint density at radius 2 is 1.89 bits per heavy atom. The van der Waals surface area contributed by atoms with E-state index in [1.54, 1.807) is 0 Å². The minimum Gasteiger partial charge on any atom is -0.381 e. The number of nitrogens with two attached hydrogens (primary N) is 1. The van der Waals surface area contributed by atoms with Crippen LogP contribution in [0.25, 0.3) is 0 Å². The molecule has 1 rings (SSSR count). The highest BCUT2D eigenvalue weighted by atomic mass is 16.5. The monoisotopic (exact) mass is 256 g/mol. The molecule has 0 atom stereocenters. The fraction of sp³-hybridized carbons (Fsp3) is 1.00. The standard InChI is InChI=1S/C15H32N2O/c1-15(2,8-9-16)7-4-10-17(3)13-14-5-11-18-12-6-14/h14H,4-13,16H2,1-3H3. The minimum absolute atomic E-state index is 0.411. The van der Waals surface area contributed by atoms with Gasteiger partial charge in [-0.05, 0) is 63.6 Å². The van der Waals surface area contributed by atoms with Crippen LogP contribution in [0.5, 0.6) is 0 Å². The third-order valence-electron chi connectivity index (χ3n) is 4.13. The highest BCUT2D eigenvalue weighted by Crippen LogP contribution is 2.26. The highest BCUT2D eigenvalue weighted by Gasteiger charge is 2.18. The van der Waals surface area contributed by atoms with Gasteiger partial charge in [0, 0.05) is 19.8 Å². The normalized spacial score (nSPS) is 18.5. The third kappa shape index (κ3) is 6.72. The molecule has 1 fully saturated rings. The van der Waals surface area contributed by atoms with Crippen molar-refractivity contribution in [2.75, 3.05) is 39.9 Å². The van der Waals surface area contributed by atoms with Crippen molar-refractivity contribution in [1.29, 1.82) is 0 Å². The van der Waals surface area contributed by atoms with Crippen LogP contribution < -0.4 is 5.73 Å². The number of rotatable bonds is 8. The molecule has 108 valence electrons. The van der Waals surface area contributed by atoms with Crippen LogP contribution in [-0.2, 0) is 4.74 Å². The van der Waals surface area contributed by atoms with Gasteiger partial charge in [0.2, 0.25) is 0 Å². The van der Waals surface area contributed by atoms with Gasteiger partial charge in [-0.25, -0.2) is 0 Å². The third-order valence-corrected chi connectivity index (χ3v) is 4.13. The fourth-order valence-electron chi connectivity index (χ4n) is 2.80. The molecule has 0 aliphatic carbocycles. The first-order chi connectivity index (χ1) is 8.53. The Labute approximate surface area is 113 Å². The summed E-state index contributed by atoms with van der Waals surface area (Å²) in [6, 6.07) is 0. The van der Waals surface area contributed by atoms with Gasteiger partial charge in [0.1, 0.15) is 0 Å². The quantitative estimate of drug-likeness (QED) is 0.725. The van der Waals surface area contributed by atoms with E-state index in [-0.39, 0.29) is 0 Å². The second kappa shape index (κ2) is 8.13. The smallest absolute Gasteiger partial charge is 0.0469 e. The van der Waals surface area contributed by atoms with Crippen molar-refractivity contribution in [2.45, 2.75) is 46.0 Å². The first-order valence-electron chi connectivity index (χ1n) is 7.50. The lowest BCUT2D eigenvalue weighted by Crippen LogP contribution is -2.31. The largest absolute Gasteiger partial charge is 0.381 e. The first-order valence-corrected chi connectivity index (χ1v) is 7.50. The van der Waals surface area contributed by atoms with E-state index in [2.05, 4.69) is 25.8 Å². The van der Waals surface area contributed by atoms with Gasteiger partial charge < -0.3 is 15.4 Å². The predicted molar refractivity (Wildman–Crippen MR) is 77.7 cm³/mol. The van der Waals surface area contributed by atoms with Gasteiger partial charge in [-0.3, -0.25) is 0 Å². The molecule has 18 heavy (non-hydrogen) atoms. The van der Waals surface area contributed by atoms with E-state index >= 15 is 0 Å². The van der Waals surface area contributed by atoms with E-state index in [1.165, 1.54) is 38.8 Å². The molecular weight excluding hydrogens is 224 g/mol. The Bertz CT molecular complexity index is 213. The van der Waals surface area contributed by atoms with Crippen molar-refractivity contribution in [3.8, 4) is 0 Å². The van der Waals surface area contributed by atoms with Gasteiger partial charge in [-0.15, -0.1) is 0 Å². The summed E-state index contributed by atoms with van der Waals surface area (Å²) in [5.74, 6) is 0.848. The molecule has 1 aliphatic rings. The summed E-state index contributed by atoms with van der Waals surface area (Å²) in [4.78, 5) is 2.49. The molecule has 0 aromatic rings. The summed E-state index contributed by atoms with van der Waals surface area (Å²) in [7, 11) is 2.26. The van der Waals surface area contributed by atoms with Crippen molar-refractivity contribution in [2.24, 2.45) is 17.1 Å². The Balaban J connectivity index is 2.10. The molecule has 1 aliphatic heterocycles. The van der Waals surface area contributed by atoms with Crippen molar-refractivity contribution >= 4 is 0 Å². The average molecular weight is 256 g/mol. The molecule has 0 aromatic heterocycles. The lowest BCUT2D eigenvalue weighted by Gasteiger charge is -2.29. The van der Waals surface area contributed by atoms with E-state index in [9.17, 15) is 0 Å². The second-order valence-corrected chi connectivity index (χ2v) is 6.62. The molecule has 0 unspecified atom stereocenters. The molecular formula is C15H32N2O. The molecule has 1 heterocycles. The maximum atomic E-state index is 5.65. The average Bonchev–Trinajstić information content (AvgIpc) is 2.29. The number of hydrogen-bond donors (Lipinski definition) is 1. The lowest BCUT2D eigenvalue weighted by molar-refractivity contribution is 0.0552. The molecule has 1 saturated heterocycles. The van der Waals surface area contributed by atoms with Crippen LogP contribution in [0.4, 0.5) is 0 Å². The molecule has 3 heteroatoms. The maximum Gasteiger partial charge on any atom is 0.0469 e. The number of nitrogens with zero attached hydrogens (tertiary/aromatic N) is 1. The van der Waals surface area contributed by atoms with E-state index in [4.69, 9.17) is 10.5 Å². The van der Waals surface area contributed by atoms with E-state index in [1.807, 2.05) is 0 Å².